The molecule has 10 nitrogen and oxygen atoms in total. The lowest BCUT2D eigenvalue weighted by Crippen LogP contribution is -2.45. The Morgan fingerprint density at radius 3 is 2.57 bits per heavy atom. The number of carbonyl (C=O) groups is 2. The minimum atomic E-state index is -1.11. The van der Waals surface area contributed by atoms with Crippen LogP contribution in [0.25, 0.3) is 11.4 Å². The average molecular weight is 503 g/mol. The van der Waals surface area contributed by atoms with E-state index in [2.05, 4.69) is 34.6 Å². The number of nitrogens with zero attached hydrogens (tertiary/aromatic N) is 5. The summed E-state index contributed by atoms with van der Waals surface area (Å²) in [6.07, 6.45) is 2.23. The van der Waals surface area contributed by atoms with Crippen molar-refractivity contribution in [1.82, 2.24) is 25.5 Å². The van der Waals surface area contributed by atoms with Gasteiger partial charge in [0.2, 0.25) is 5.82 Å². The molecule has 37 heavy (non-hydrogen) atoms. The van der Waals surface area contributed by atoms with Crippen LogP contribution in [0.5, 0.6) is 5.75 Å². The van der Waals surface area contributed by atoms with Gasteiger partial charge in [-0.3, -0.25) is 14.5 Å². The summed E-state index contributed by atoms with van der Waals surface area (Å²) in [5.41, 5.74) is 2.19. The molecule has 0 radical (unpaired) electrons. The third-order valence-corrected chi connectivity index (χ3v) is 5.76. The summed E-state index contributed by atoms with van der Waals surface area (Å²) in [5, 5.41) is 25.5. The Labute approximate surface area is 214 Å². The van der Waals surface area contributed by atoms with Crippen LogP contribution in [0.15, 0.2) is 71.3 Å². The van der Waals surface area contributed by atoms with Gasteiger partial charge in [0.25, 0.3) is 11.8 Å². The SMILES string of the molecule is Cc1ccc(-c2nnn(CC(=O)N(c3cccc(O)c3)[C@@H](C(=O)NCCC(C)C)c3ccco3)n2)cc1. The predicted molar refractivity (Wildman–Crippen MR) is 137 cm³/mol. The predicted octanol–water partition coefficient (Wildman–Crippen LogP) is 3.88. The fourth-order valence-corrected chi connectivity index (χ4v) is 3.81. The molecule has 1 atom stereocenters. The standard InChI is InChI=1S/C27H30N6O4/c1-18(2)13-14-28-27(36)25(23-8-5-15-37-23)33(21-6-4-7-22(34)16-21)24(35)17-32-30-26(29-31-32)20-11-9-19(3)10-12-20/h4-12,15-16,18,25,34H,13-14,17H2,1-3H3,(H,28,36)/t25-/m1/s1. The number of phenols is 1. The highest BCUT2D eigenvalue weighted by molar-refractivity contribution is 6.01. The molecular formula is C27H30N6O4. The number of amides is 2. The minimum Gasteiger partial charge on any atom is -0.508 e. The first-order chi connectivity index (χ1) is 17.8. The van der Waals surface area contributed by atoms with Crippen molar-refractivity contribution in [2.75, 3.05) is 11.4 Å². The molecule has 4 rings (SSSR count). The van der Waals surface area contributed by atoms with Gasteiger partial charge in [0, 0.05) is 23.9 Å². The second-order valence-electron chi connectivity index (χ2n) is 9.18. The van der Waals surface area contributed by atoms with Crippen molar-refractivity contribution >= 4 is 17.5 Å². The van der Waals surface area contributed by atoms with Crippen LogP contribution in [0.2, 0.25) is 0 Å². The van der Waals surface area contributed by atoms with Gasteiger partial charge in [0.05, 0.1) is 6.26 Å². The lowest BCUT2D eigenvalue weighted by Gasteiger charge is -2.30. The molecule has 0 spiro atoms. The highest BCUT2D eigenvalue weighted by atomic mass is 16.3. The van der Waals surface area contributed by atoms with Gasteiger partial charge in [-0.1, -0.05) is 49.7 Å². The van der Waals surface area contributed by atoms with Crippen LogP contribution in [-0.2, 0) is 16.1 Å². The first-order valence-electron chi connectivity index (χ1n) is 12.1. The molecule has 2 heterocycles. The number of anilines is 1. The van der Waals surface area contributed by atoms with Crippen molar-refractivity contribution in [3.63, 3.8) is 0 Å². The van der Waals surface area contributed by atoms with Gasteiger partial charge in [-0.2, -0.15) is 4.80 Å². The van der Waals surface area contributed by atoms with E-state index >= 15 is 0 Å². The molecule has 0 saturated carbocycles. The minimum absolute atomic E-state index is 0.0470. The highest BCUT2D eigenvalue weighted by Crippen LogP contribution is 2.31. The van der Waals surface area contributed by atoms with Gasteiger partial charge in [-0.25, -0.2) is 0 Å². The van der Waals surface area contributed by atoms with Crippen LogP contribution in [0, 0.1) is 12.8 Å². The van der Waals surface area contributed by atoms with Crippen molar-refractivity contribution in [3.05, 3.63) is 78.3 Å². The van der Waals surface area contributed by atoms with E-state index in [0.717, 1.165) is 17.5 Å². The Bertz CT molecular complexity index is 1330. The fraction of sp³-hybridized carbons (Fsp3) is 0.296. The van der Waals surface area contributed by atoms with E-state index in [1.165, 1.54) is 28.1 Å². The van der Waals surface area contributed by atoms with Crippen LogP contribution in [0.1, 0.15) is 37.6 Å². The van der Waals surface area contributed by atoms with Crippen LogP contribution in [0.3, 0.4) is 0 Å². The number of hydrogen-bond acceptors (Lipinski definition) is 7. The molecule has 10 heteroatoms. The molecule has 4 aromatic rings. The van der Waals surface area contributed by atoms with Gasteiger partial charge >= 0.3 is 0 Å². The molecular weight excluding hydrogens is 472 g/mol. The number of hydrogen-bond donors (Lipinski definition) is 2. The van der Waals surface area contributed by atoms with Crippen molar-refractivity contribution < 1.29 is 19.1 Å². The number of nitrogens with one attached hydrogen (secondary N) is 1. The maximum Gasteiger partial charge on any atom is 0.251 e. The van der Waals surface area contributed by atoms with Crippen molar-refractivity contribution in [2.45, 2.75) is 39.8 Å². The van der Waals surface area contributed by atoms with E-state index in [1.807, 2.05) is 31.2 Å². The molecule has 2 aromatic carbocycles. The molecule has 0 aliphatic carbocycles. The summed E-state index contributed by atoms with van der Waals surface area (Å²) in [5.74, 6) is 0.121. The van der Waals surface area contributed by atoms with E-state index in [4.69, 9.17) is 4.42 Å². The monoisotopic (exact) mass is 502 g/mol. The number of carbonyl (C=O) groups excluding carboxylic acids is 2. The van der Waals surface area contributed by atoms with Gasteiger partial charge in [-0.15, -0.1) is 10.2 Å². The van der Waals surface area contributed by atoms with Crippen LogP contribution >= 0.6 is 0 Å². The molecule has 2 aromatic heterocycles. The second-order valence-corrected chi connectivity index (χ2v) is 9.18. The second kappa shape index (κ2) is 11.5. The van der Waals surface area contributed by atoms with Crippen molar-refractivity contribution in [2.24, 2.45) is 5.92 Å². The lowest BCUT2D eigenvalue weighted by molar-refractivity contribution is -0.127. The molecule has 2 amide bonds. The van der Waals surface area contributed by atoms with Crippen LogP contribution < -0.4 is 10.2 Å². The average Bonchev–Trinajstić information content (AvgIpc) is 3.55. The summed E-state index contributed by atoms with van der Waals surface area (Å²) < 4.78 is 5.58. The molecule has 0 aliphatic rings. The zero-order valence-electron chi connectivity index (χ0n) is 21.0. The van der Waals surface area contributed by atoms with Gasteiger partial charge < -0.3 is 14.8 Å². The Morgan fingerprint density at radius 2 is 1.89 bits per heavy atom. The third-order valence-electron chi connectivity index (χ3n) is 5.76. The number of tetrazole rings is 1. The largest absolute Gasteiger partial charge is 0.508 e. The number of aromatic nitrogens is 4. The summed E-state index contributed by atoms with van der Waals surface area (Å²) >= 11 is 0. The quantitative estimate of drug-likeness (QED) is 0.337. The van der Waals surface area contributed by atoms with E-state index in [1.54, 1.807) is 24.3 Å². The summed E-state index contributed by atoms with van der Waals surface area (Å²) in [7, 11) is 0. The Kier molecular flexibility index (Phi) is 7.97. The highest BCUT2D eigenvalue weighted by Gasteiger charge is 2.35. The third kappa shape index (κ3) is 6.40. The van der Waals surface area contributed by atoms with Gasteiger partial charge in [0.15, 0.2) is 6.04 Å². The van der Waals surface area contributed by atoms with E-state index in [9.17, 15) is 14.7 Å². The van der Waals surface area contributed by atoms with E-state index < -0.39 is 17.9 Å². The number of aryl methyl sites for hydroxylation is 1. The molecule has 0 aliphatic heterocycles. The number of furan rings is 1. The normalized spacial score (nSPS) is 11.9. The Morgan fingerprint density at radius 1 is 1.11 bits per heavy atom. The van der Waals surface area contributed by atoms with Crippen LogP contribution in [-0.4, -0.2) is 43.7 Å². The van der Waals surface area contributed by atoms with E-state index in [-0.39, 0.29) is 18.1 Å². The summed E-state index contributed by atoms with van der Waals surface area (Å²) in [6, 6.07) is 16.0. The maximum absolute atomic E-state index is 13.7. The first-order valence-corrected chi connectivity index (χ1v) is 12.1. The molecule has 0 bridgehead atoms. The van der Waals surface area contributed by atoms with Gasteiger partial charge in [-0.05, 0) is 48.7 Å². The summed E-state index contributed by atoms with van der Waals surface area (Å²) in [6.45, 7) is 6.27. The molecule has 192 valence electrons. The zero-order valence-corrected chi connectivity index (χ0v) is 21.0. The van der Waals surface area contributed by atoms with E-state index in [0.29, 0.717) is 24.0 Å². The Balaban J connectivity index is 1.65. The number of phenolic OH excluding ortho intramolecular Hbond substituents is 1. The van der Waals surface area contributed by atoms with Crippen LogP contribution in [0.4, 0.5) is 5.69 Å². The number of aromatic hydroxyl groups is 1. The fourth-order valence-electron chi connectivity index (χ4n) is 3.81. The number of benzene rings is 2. The zero-order chi connectivity index (χ0) is 26.4. The molecule has 0 fully saturated rings. The topological polar surface area (TPSA) is 126 Å². The smallest absolute Gasteiger partial charge is 0.251 e. The molecule has 0 unspecified atom stereocenters. The first kappa shape index (κ1) is 25.6. The molecule has 0 saturated heterocycles. The van der Waals surface area contributed by atoms with Gasteiger partial charge in [0.1, 0.15) is 18.1 Å². The number of rotatable bonds is 10. The summed E-state index contributed by atoms with van der Waals surface area (Å²) in [4.78, 5) is 29.6. The molecule has 2 N–H and O–H groups in total. The Hall–Kier alpha value is -4.47. The van der Waals surface area contributed by atoms with Crippen molar-refractivity contribution in [1.29, 1.82) is 0 Å². The maximum atomic E-state index is 13.7. The lowest BCUT2D eigenvalue weighted by atomic mass is 10.1. The van der Waals surface area contributed by atoms with Crippen molar-refractivity contribution in [3.8, 4) is 17.1 Å².